The van der Waals surface area contributed by atoms with Gasteiger partial charge in [0.05, 0.1) is 6.04 Å². The highest BCUT2D eigenvalue weighted by atomic mass is 16.3. The minimum absolute atomic E-state index is 0.0786. The second-order valence-corrected chi connectivity index (χ2v) is 5.82. The molecule has 1 aromatic rings. The molecule has 4 nitrogen and oxygen atoms in total. The summed E-state index contributed by atoms with van der Waals surface area (Å²) in [6.45, 7) is 0.835. The highest BCUT2D eigenvalue weighted by molar-refractivity contribution is 5.81. The van der Waals surface area contributed by atoms with E-state index in [1.54, 1.807) is 0 Å². The van der Waals surface area contributed by atoms with Crippen LogP contribution in [0.15, 0.2) is 30.3 Å². The number of benzene rings is 1. The maximum atomic E-state index is 11.9. The Morgan fingerprint density at radius 2 is 2.05 bits per heavy atom. The van der Waals surface area contributed by atoms with Gasteiger partial charge in [0.25, 0.3) is 0 Å². The molecule has 1 saturated carbocycles. The molecular weight excluding hydrogens is 252 g/mol. The lowest BCUT2D eigenvalue weighted by molar-refractivity contribution is -0.122. The van der Waals surface area contributed by atoms with E-state index in [9.17, 15) is 4.79 Å². The summed E-state index contributed by atoms with van der Waals surface area (Å²) in [6, 6.07) is 9.60. The fraction of sp³-hybridized carbons (Fsp3) is 0.562. The van der Waals surface area contributed by atoms with Crippen molar-refractivity contribution in [1.82, 2.24) is 5.32 Å². The number of nitrogens with two attached hydrogens (primary N) is 1. The van der Waals surface area contributed by atoms with Crippen molar-refractivity contribution in [1.29, 1.82) is 0 Å². The molecule has 4 N–H and O–H groups in total. The maximum Gasteiger partial charge on any atom is 0.236 e. The third-order valence-electron chi connectivity index (χ3n) is 4.16. The Morgan fingerprint density at radius 3 is 2.65 bits per heavy atom. The van der Waals surface area contributed by atoms with Crippen LogP contribution in [0.5, 0.6) is 0 Å². The largest absolute Gasteiger partial charge is 0.396 e. The molecule has 0 heterocycles. The Kier molecular flexibility index (Phi) is 5.15. The maximum absolute atomic E-state index is 11.9. The molecule has 0 radical (unpaired) electrons. The standard InChI is InChI=1S/C16H24N2O2/c17-14(7-6-13-4-2-1-3-5-13)15(20)18-12-16(8-9-16)10-11-19/h1-5,14,19H,6-12,17H2,(H,18,20)/t14-/m0/s1. The minimum Gasteiger partial charge on any atom is -0.396 e. The van der Waals surface area contributed by atoms with E-state index in [-0.39, 0.29) is 17.9 Å². The summed E-state index contributed by atoms with van der Waals surface area (Å²) in [5.74, 6) is -0.0786. The first-order chi connectivity index (χ1) is 9.65. The Morgan fingerprint density at radius 1 is 1.35 bits per heavy atom. The molecule has 110 valence electrons. The number of hydrogen-bond acceptors (Lipinski definition) is 3. The van der Waals surface area contributed by atoms with E-state index in [0.717, 1.165) is 25.7 Å². The van der Waals surface area contributed by atoms with Crippen molar-refractivity contribution in [2.45, 2.75) is 38.1 Å². The quantitative estimate of drug-likeness (QED) is 0.668. The van der Waals surface area contributed by atoms with Crippen LogP contribution in [0.25, 0.3) is 0 Å². The van der Waals surface area contributed by atoms with E-state index < -0.39 is 6.04 Å². The van der Waals surface area contributed by atoms with Crippen LogP contribution in [0.2, 0.25) is 0 Å². The molecule has 0 spiro atoms. The number of aryl methyl sites for hydroxylation is 1. The molecule has 0 aromatic heterocycles. The van der Waals surface area contributed by atoms with E-state index in [1.807, 2.05) is 30.3 Å². The third-order valence-corrected chi connectivity index (χ3v) is 4.16. The van der Waals surface area contributed by atoms with E-state index in [2.05, 4.69) is 5.32 Å². The monoisotopic (exact) mass is 276 g/mol. The molecule has 1 aromatic carbocycles. The van der Waals surface area contributed by atoms with Gasteiger partial charge in [-0.2, -0.15) is 0 Å². The highest BCUT2D eigenvalue weighted by Crippen LogP contribution is 2.47. The number of nitrogens with one attached hydrogen (secondary N) is 1. The molecule has 1 aliphatic rings. The summed E-state index contributed by atoms with van der Waals surface area (Å²) in [6.07, 6.45) is 4.42. The van der Waals surface area contributed by atoms with Crippen LogP contribution >= 0.6 is 0 Å². The fourth-order valence-corrected chi connectivity index (χ4v) is 2.43. The van der Waals surface area contributed by atoms with Gasteiger partial charge in [-0.3, -0.25) is 4.79 Å². The minimum atomic E-state index is -0.458. The lowest BCUT2D eigenvalue weighted by atomic mass is 10.0. The summed E-state index contributed by atoms with van der Waals surface area (Å²) in [4.78, 5) is 11.9. The summed E-state index contributed by atoms with van der Waals surface area (Å²) in [5, 5.41) is 11.9. The highest BCUT2D eigenvalue weighted by Gasteiger charge is 2.42. The number of hydrogen-bond donors (Lipinski definition) is 3. The molecule has 20 heavy (non-hydrogen) atoms. The van der Waals surface area contributed by atoms with Crippen LogP contribution in [0.3, 0.4) is 0 Å². The van der Waals surface area contributed by atoms with Gasteiger partial charge in [0.2, 0.25) is 5.91 Å². The summed E-state index contributed by atoms with van der Waals surface area (Å²) in [7, 11) is 0. The zero-order chi connectivity index (χ0) is 14.4. The van der Waals surface area contributed by atoms with Gasteiger partial charge in [-0.05, 0) is 43.1 Å². The first-order valence-electron chi connectivity index (χ1n) is 7.33. The van der Waals surface area contributed by atoms with Crippen LogP contribution in [0, 0.1) is 5.41 Å². The summed E-state index contributed by atoms with van der Waals surface area (Å²) in [5.41, 5.74) is 7.27. The molecule has 1 fully saturated rings. The van der Waals surface area contributed by atoms with Crippen molar-refractivity contribution in [2.24, 2.45) is 11.1 Å². The topological polar surface area (TPSA) is 75.4 Å². The fourth-order valence-electron chi connectivity index (χ4n) is 2.43. The number of aliphatic hydroxyl groups is 1. The first-order valence-corrected chi connectivity index (χ1v) is 7.33. The molecule has 1 atom stereocenters. The van der Waals surface area contributed by atoms with E-state index in [0.29, 0.717) is 13.0 Å². The van der Waals surface area contributed by atoms with Crippen LogP contribution in [0.1, 0.15) is 31.2 Å². The molecule has 0 bridgehead atoms. The number of carbonyl (C=O) groups is 1. The van der Waals surface area contributed by atoms with Gasteiger partial charge in [-0.25, -0.2) is 0 Å². The zero-order valence-corrected chi connectivity index (χ0v) is 11.8. The smallest absolute Gasteiger partial charge is 0.236 e. The van der Waals surface area contributed by atoms with E-state index in [4.69, 9.17) is 10.8 Å². The third kappa shape index (κ3) is 4.32. The molecule has 1 amide bonds. The Balaban J connectivity index is 1.70. The normalized spacial score (nSPS) is 17.5. The van der Waals surface area contributed by atoms with Crippen molar-refractivity contribution in [3.8, 4) is 0 Å². The molecule has 0 saturated heterocycles. The van der Waals surface area contributed by atoms with Crippen LogP contribution in [0.4, 0.5) is 0 Å². The number of carbonyl (C=O) groups excluding carboxylic acids is 1. The van der Waals surface area contributed by atoms with E-state index in [1.165, 1.54) is 5.56 Å². The van der Waals surface area contributed by atoms with Gasteiger partial charge in [0, 0.05) is 13.2 Å². The molecule has 4 heteroatoms. The predicted octanol–water partition coefficient (Wildman–Crippen LogP) is 1.23. The van der Waals surface area contributed by atoms with Crippen molar-refractivity contribution in [3.63, 3.8) is 0 Å². The zero-order valence-electron chi connectivity index (χ0n) is 11.8. The first kappa shape index (κ1) is 15.0. The number of amides is 1. The SMILES string of the molecule is N[C@@H](CCc1ccccc1)C(=O)NCC1(CCO)CC1. The second kappa shape index (κ2) is 6.86. The number of rotatable bonds is 8. The number of aliphatic hydroxyl groups excluding tert-OH is 1. The van der Waals surface area contributed by atoms with Crippen molar-refractivity contribution < 1.29 is 9.90 Å². The van der Waals surface area contributed by atoms with Crippen molar-refractivity contribution >= 4 is 5.91 Å². The Hall–Kier alpha value is -1.39. The molecule has 0 aliphatic heterocycles. The van der Waals surface area contributed by atoms with Crippen molar-refractivity contribution in [2.75, 3.05) is 13.2 Å². The van der Waals surface area contributed by atoms with Gasteiger partial charge in [-0.1, -0.05) is 30.3 Å². The average Bonchev–Trinajstić information content (AvgIpc) is 3.24. The van der Waals surface area contributed by atoms with Gasteiger partial charge in [-0.15, -0.1) is 0 Å². The second-order valence-electron chi connectivity index (χ2n) is 5.82. The average molecular weight is 276 g/mol. The molecule has 1 aliphatic carbocycles. The van der Waals surface area contributed by atoms with Gasteiger partial charge in [0.1, 0.15) is 0 Å². The lowest BCUT2D eigenvalue weighted by Crippen LogP contribution is -2.43. The Labute approximate surface area is 120 Å². The Bertz CT molecular complexity index is 429. The summed E-state index contributed by atoms with van der Waals surface area (Å²) < 4.78 is 0. The van der Waals surface area contributed by atoms with E-state index >= 15 is 0 Å². The van der Waals surface area contributed by atoms with Crippen LogP contribution in [-0.2, 0) is 11.2 Å². The van der Waals surface area contributed by atoms with Gasteiger partial charge in [0.15, 0.2) is 0 Å². The van der Waals surface area contributed by atoms with Crippen molar-refractivity contribution in [3.05, 3.63) is 35.9 Å². The van der Waals surface area contributed by atoms with Gasteiger partial charge >= 0.3 is 0 Å². The molecule has 0 unspecified atom stereocenters. The van der Waals surface area contributed by atoms with Gasteiger partial charge < -0.3 is 16.2 Å². The van der Waals surface area contributed by atoms with Crippen LogP contribution < -0.4 is 11.1 Å². The lowest BCUT2D eigenvalue weighted by Gasteiger charge is -2.17. The predicted molar refractivity (Wildman–Crippen MR) is 79.1 cm³/mol. The van der Waals surface area contributed by atoms with Crippen LogP contribution in [-0.4, -0.2) is 30.2 Å². The molecular formula is C16H24N2O2. The summed E-state index contributed by atoms with van der Waals surface area (Å²) >= 11 is 0. The molecule has 2 rings (SSSR count).